The smallest absolute Gasteiger partial charge is 0.226 e. The van der Waals surface area contributed by atoms with Crippen LogP contribution in [-0.4, -0.2) is 16.9 Å². The van der Waals surface area contributed by atoms with Gasteiger partial charge in [0.2, 0.25) is 11.8 Å². The van der Waals surface area contributed by atoms with Gasteiger partial charge in [-0.2, -0.15) is 0 Å². The fourth-order valence-electron chi connectivity index (χ4n) is 1.95. The highest BCUT2D eigenvalue weighted by molar-refractivity contribution is 5.79. The van der Waals surface area contributed by atoms with Crippen LogP contribution in [-0.2, 0) is 11.2 Å². The number of carbonyl (C=O) groups excluding carboxylic acids is 1. The standard InChI is InChI=1S/C15H16N2O2/c1-10-13(9-14(18)16-12-7-8-12)17-15(19-10)11-5-3-2-4-6-11/h2-6,12H,7-9H2,1H3,(H,16,18). The summed E-state index contributed by atoms with van der Waals surface area (Å²) in [4.78, 5) is 16.2. The lowest BCUT2D eigenvalue weighted by atomic mass is 10.2. The molecule has 4 nitrogen and oxygen atoms in total. The van der Waals surface area contributed by atoms with Crippen LogP contribution in [0.15, 0.2) is 34.7 Å². The normalized spacial score (nSPS) is 14.4. The van der Waals surface area contributed by atoms with Crippen LogP contribution < -0.4 is 5.32 Å². The van der Waals surface area contributed by atoms with Crippen molar-refractivity contribution in [3.8, 4) is 11.5 Å². The minimum absolute atomic E-state index is 0.0264. The molecule has 1 aromatic carbocycles. The summed E-state index contributed by atoms with van der Waals surface area (Å²) >= 11 is 0. The maximum absolute atomic E-state index is 11.8. The first-order chi connectivity index (χ1) is 9.22. The minimum Gasteiger partial charge on any atom is -0.441 e. The van der Waals surface area contributed by atoms with Crippen molar-refractivity contribution in [2.45, 2.75) is 32.2 Å². The Morgan fingerprint density at radius 2 is 2.11 bits per heavy atom. The maximum atomic E-state index is 11.8. The number of benzene rings is 1. The van der Waals surface area contributed by atoms with E-state index in [4.69, 9.17) is 4.42 Å². The highest BCUT2D eigenvalue weighted by Gasteiger charge is 2.24. The monoisotopic (exact) mass is 256 g/mol. The van der Waals surface area contributed by atoms with E-state index in [1.807, 2.05) is 37.3 Å². The predicted molar refractivity (Wildman–Crippen MR) is 71.5 cm³/mol. The summed E-state index contributed by atoms with van der Waals surface area (Å²) in [6.07, 6.45) is 2.48. The zero-order chi connectivity index (χ0) is 13.2. The summed E-state index contributed by atoms with van der Waals surface area (Å²) in [5.41, 5.74) is 1.65. The van der Waals surface area contributed by atoms with Crippen molar-refractivity contribution in [3.63, 3.8) is 0 Å². The molecule has 0 spiro atoms. The van der Waals surface area contributed by atoms with E-state index in [0.29, 0.717) is 24.1 Å². The van der Waals surface area contributed by atoms with Gasteiger partial charge in [0, 0.05) is 11.6 Å². The van der Waals surface area contributed by atoms with Crippen LogP contribution in [0.4, 0.5) is 0 Å². The molecular weight excluding hydrogens is 240 g/mol. The van der Waals surface area contributed by atoms with Crippen LogP contribution in [0.3, 0.4) is 0 Å². The lowest BCUT2D eigenvalue weighted by Gasteiger charge is -2.00. The molecule has 1 fully saturated rings. The van der Waals surface area contributed by atoms with Gasteiger partial charge in [0.15, 0.2) is 0 Å². The van der Waals surface area contributed by atoms with E-state index >= 15 is 0 Å². The maximum Gasteiger partial charge on any atom is 0.226 e. The number of nitrogens with zero attached hydrogens (tertiary/aromatic N) is 1. The Bertz CT molecular complexity index is 585. The second-order valence-electron chi connectivity index (χ2n) is 4.91. The summed E-state index contributed by atoms with van der Waals surface area (Å²) in [5, 5.41) is 2.96. The molecule has 0 aliphatic heterocycles. The SMILES string of the molecule is Cc1oc(-c2ccccc2)nc1CC(=O)NC1CC1. The molecule has 0 unspecified atom stereocenters. The summed E-state index contributed by atoms with van der Waals surface area (Å²) in [6, 6.07) is 10.1. The van der Waals surface area contributed by atoms with Crippen molar-refractivity contribution >= 4 is 5.91 Å². The summed E-state index contributed by atoms with van der Waals surface area (Å²) in [7, 11) is 0. The Labute approximate surface area is 111 Å². The number of hydrogen-bond donors (Lipinski definition) is 1. The molecule has 1 amide bonds. The van der Waals surface area contributed by atoms with Gasteiger partial charge in [-0.05, 0) is 31.9 Å². The second kappa shape index (κ2) is 4.88. The quantitative estimate of drug-likeness (QED) is 0.914. The first kappa shape index (κ1) is 12.0. The van der Waals surface area contributed by atoms with Crippen molar-refractivity contribution in [2.75, 3.05) is 0 Å². The molecule has 1 N–H and O–H groups in total. The molecule has 2 aromatic rings. The molecule has 1 saturated carbocycles. The Hall–Kier alpha value is -2.10. The summed E-state index contributed by atoms with van der Waals surface area (Å²) in [6.45, 7) is 1.85. The van der Waals surface area contributed by atoms with E-state index in [9.17, 15) is 4.79 Å². The van der Waals surface area contributed by atoms with Gasteiger partial charge < -0.3 is 9.73 Å². The Kier molecular flexibility index (Phi) is 3.07. The van der Waals surface area contributed by atoms with E-state index < -0.39 is 0 Å². The Morgan fingerprint density at radius 1 is 1.37 bits per heavy atom. The third-order valence-corrected chi connectivity index (χ3v) is 3.18. The van der Waals surface area contributed by atoms with Crippen molar-refractivity contribution < 1.29 is 9.21 Å². The lowest BCUT2D eigenvalue weighted by Crippen LogP contribution is -2.27. The molecule has 1 heterocycles. The number of rotatable bonds is 4. The zero-order valence-corrected chi connectivity index (χ0v) is 10.8. The highest BCUT2D eigenvalue weighted by atomic mass is 16.4. The number of hydrogen-bond acceptors (Lipinski definition) is 3. The largest absolute Gasteiger partial charge is 0.441 e. The zero-order valence-electron chi connectivity index (χ0n) is 10.8. The van der Waals surface area contributed by atoms with E-state index in [0.717, 1.165) is 24.1 Å². The molecule has 4 heteroatoms. The van der Waals surface area contributed by atoms with Gasteiger partial charge in [-0.1, -0.05) is 18.2 Å². The highest BCUT2D eigenvalue weighted by Crippen LogP contribution is 2.22. The fourth-order valence-corrected chi connectivity index (χ4v) is 1.95. The third-order valence-electron chi connectivity index (χ3n) is 3.18. The van der Waals surface area contributed by atoms with Crippen LogP contribution in [0.25, 0.3) is 11.5 Å². The van der Waals surface area contributed by atoms with Crippen LogP contribution in [0.5, 0.6) is 0 Å². The van der Waals surface area contributed by atoms with Crippen molar-refractivity contribution in [1.82, 2.24) is 10.3 Å². The predicted octanol–water partition coefficient (Wildman–Crippen LogP) is 2.47. The average Bonchev–Trinajstić information content (AvgIpc) is 3.14. The van der Waals surface area contributed by atoms with Gasteiger partial charge in [0.05, 0.1) is 12.1 Å². The number of aryl methyl sites for hydroxylation is 1. The number of amides is 1. The Balaban J connectivity index is 1.75. The van der Waals surface area contributed by atoms with E-state index in [-0.39, 0.29) is 5.91 Å². The Morgan fingerprint density at radius 3 is 2.79 bits per heavy atom. The molecule has 3 rings (SSSR count). The molecule has 0 atom stereocenters. The van der Waals surface area contributed by atoms with Gasteiger partial charge in [0.25, 0.3) is 0 Å². The van der Waals surface area contributed by atoms with E-state index in [1.165, 1.54) is 0 Å². The average molecular weight is 256 g/mol. The topological polar surface area (TPSA) is 55.1 Å². The van der Waals surface area contributed by atoms with E-state index in [1.54, 1.807) is 0 Å². The second-order valence-corrected chi connectivity index (χ2v) is 4.91. The van der Waals surface area contributed by atoms with Crippen LogP contribution in [0.2, 0.25) is 0 Å². The first-order valence-electron chi connectivity index (χ1n) is 6.53. The van der Waals surface area contributed by atoms with Crippen LogP contribution in [0, 0.1) is 6.92 Å². The minimum atomic E-state index is 0.0264. The van der Waals surface area contributed by atoms with Crippen molar-refractivity contribution in [2.24, 2.45) is 0 Å². The molecule has 0 saturated heterocycles. The lowest BCUT2D eigenvalue weighted by molar-refractivity contribution is -0.120. The molecule has 1 aromatic heterocycles. The molecule has 1 aliphatic rings. The number of aromatic nitrogens is 1. The number of oxazole rings is 1. The van der Waals surface area contributed by atoms with Gasteiger partial charge in [-0.15, -0.1) is 0 Å². The molecule has 98 valence electrons. The molecule has 1 aliphatic carbocycles. The van der Waals surface area contributed by atoms with Gasteiger partial charge in [0.1, 0.15) is 5.76 Å². The van der Waals surface area contributed by atoms with Gasteiger partial charge in [-0.25, -0.2) is 4.98 Å². The fraction of sp³-hybridized carbons (Fsp3) is 0.333. The van der Waals surface area contributed by atoms with E-state index in [2.05, 4.69) is 10.3 Å². The molecule has 0 bridgehead atoms. The molecule has 0 radical (unpaired) electrons. The summed E-state index contributed by atoms with van der Waals surface area (Å²) in [5.74, 6) is 1.32. The van der Waals surface area contributed by atoms with Crippen LogP contribution in [0.1, 0.15) is 24.3 Å². The molecular formula is C15H16N2O2. The number of carbonyl (C=O) groups is 1. The van der Waals surface area contributed by atoms with Gasteiger partial charge in [-0.3, -0.25) is 4.79 Å². The first-order valence-corrected chi connectivity index (χ1v) is 6.53. The molecule has 19 heavy (non-hydrogen) atoms. The van der Waals surface area contributed by atoms with Crippen molar-refractivity contribution in [1.29, 1.82) is 0 Å². The van der Waals surface area contributed by atoms with Crippen molar-refractivity contribution in [3.05, 3.63) is 41.8 Å². The third kappa shape index (κ3) is 2.84. The van der Waals surface area contributed by atoms with Gasteiger partial charge >= 0.3 is 0 Å². The summed E-state index contributed by atoms with van der Waals surface area (Å²) < 4.78 is 5.63. The van der Waals surface area contributed by atoms with Crippen LogP contribution >= 0.6 is 0 Å². The number of nitrogens with one attached hydrogen (secondary N) is 1.